The first-order valence-electron chi connectivity index (χ1n) is 13.2. The number of rotatable bonds is 9. The maximum absolute atomic E-state index is 12.3. The van der Waals surface area contributed by atoms with Crippen molar-refractivity contribution in [3.63, 3.8) is 0 Å². The standard InChI is InChI=1S/C29H32N4O5S.ClH/c1-3-37-29(34)28-18-23-17-24(8-10-27(23)38-28)32-14-12-31(13-15-32)11-5-4-6-22-20-33(39(2,35)36)26-9-7-21(19-30)16-25(22)26;/h7-10,16-18,20H,3-6,11-15H2,1-2H3;1H. The number of benzene rings is 2. The normalized spacial score (nSPS) is 14.3. The van der Waals surface area contributed by atoms with E-state index in [1.165, 1.54) is 10.2 Å². The van der Waals surface area contributed by atoms with Gasteiger partial charge in [-0.3, -0.25) is 4.90 Å². The van der Waals surface area contributed by atoms with E-state index in [2.05, 4.69) is 21.9 Å². The first-order valence-corrected chi connectivity index (χ1v) is 15.0. The van der Waals surface area contributed by atoms with Crippen molar-refractivity contribution >= 4 is 56.0 Å². The Kier molecular flexibility index (Phi) is 9.08. The van der Waals surface area contributed by atoms with E-state index < -0.39 is 16.0 Å². The van der Waals surface area contributed by atoms with Crippen molar-refractivity contribution in [3.05, 3.63) is 65.5 Å². The highest BCUT2D eigenvalue weighted by Gasteiger charge is 2.20. The highest BCUT2D eigenvalue weighted by atomic mass is 35.5. The molecule has 11 heteroatoms. The van der Waals surface area contributed by atoms with Crippen molar-refractivity contribution < 1.29 is 22.4 Å². The zero-order valence-electron chi connectivity index (χ0n) is 22.6. The molecule has 0 N–H and O–H groups in total. The third-order valence-electron chi connectivity index (χ3n) is 7.22. The van der Waals surface area contributed by atoms with Gasteiger partial charge < -0.3 is 14.1 Å². The monoisotopic (exact) mass is 584 g/mol. The van der Waals surface area contributed by atoms with E-state index in [-0.39, 0.29) is 18.2 Å². The minimum Gasteiger partial charge on any atom is -0.460 e. The number of nitriles is 1. The average molecular weight is 585 g/mol. The smallest absolute Gasteiger partial charge is 0.374 e. The Balaban J connectivity index is 0.00000370. The zero-order chi connectivity index (χ0) is 27.6. The van der Waals surface area contributed by atoms with E-state index in [9.17, 15) is 18.5 Å². The van der Waals surface area contributed by atoms with Gasteiger partial charge in [-0.2, -0.15) is 5.26 Å². The number of aryl methyl sites for hydroxylation is 1. The van der Waals surface area contributed by atoms with Crippen LogP contribution in [0.2, 0.25) is 0 Å². The fraction of sp³-hybridized carbons (Fsp3) is 0.379. The number of carbonyl (C=O) groups excluding carboxylic acids is 1. The lowest BCUT2D eigenvalue weighted by atomic mass is 10.1. The Labute approximate surface area is 240 Å². The molecule has 2 aromatic carbocycles. The second kappa shape index (κ2) is 12.3. The Morgan fingerprint density at radius 1 is 1.07 bits per heavy atom. The molecule has 0 aliphatic carbocycles. The number of anilines is 1. The van der Waals surface area contributed by atoms with Crippen molar-refractivity contribution in [3.8, 4) is 6.07 Å². The lowest BCUT2D eigenvalue weighted by Crippen LogP contribution is -2.46. The number of fused-ring (bicyclic) bond motifs is 2. The molecule has 9 nitrogen and oxygen atoms in total. The Morgan fingerprint density at radius 2 is 1.85 bits per heavy atom. The lowest BCUT2D eigenvalue weighted by molar-refractivity contribution is 0.0492. The molecule has 0 unspecified atom stereocenters. The van der Waals surface area contributed by atoms with E-state index in [1.54, 1.807) is 37.4 Å². The third-order valence-corrected chi connectivity index (χ3v) is 8.24. The molecule has 0 atom stereocenters. The highest BCUT2D eigenvalue weighted by Crippen LogP contribution is 2.28. The number of unbranched alkanes of at least 4 members (excludes halogenated alkanes) is 1. The molecule has 4 aromatic rings. The van der Waals surface area contributed by atoms with Crippen LogP contribution in [0, 0.1) is 11.3 Å². The molecule has 0 saturated carbocycles. The van der Waals surface area contributed by atoms with Gasteiger partial charge in [0.15, 0.2) is 0 Å². The fourth-order valence-electron chi connectivity index (χ4n) is 5.22. The molecule has 0 radical (unpaired) electrons. The maximum atomic E-state index is 12.3. The number of halogens is 1. The number of furan rings is 1. The van der Waals surface area contributed by atoms with Crippen LogP contribution in [0.1, 0.15) is 41.4 Å². The van der Waals surface area contributed by atoms with Gasteiger partial charge in [-0.1, -0.05) is 0 Å². The van der Waals surface area contributed by atoms with Crippen LogP contribution in [0.3, 0.4) is 0 Å². The van der Waals surface area contributed by atoms with Gasteiger partial charge in [0.25, 0.3) is 0 Å². The van der Waals surface area contributed by atoms with Crippen molar-refractivity contribution in [1.29, 1.82) is 5.26 Å². The summed E-state index contributed by atoms with van der Waals surface area (Å²) in [6.45, 7) is 6.78. The maximum Gasteiger partial charge on any atom is 0.374 e. The molecule has 212 valence electrons. The second-order valence-corrected chi connectivity index (χ2v) is 11.8. The number of hydrogen-bond acceptors (Lipinski definition) is 8. The molecule has 2 aromatic heterocycles. The quantitative estimate of drug-likeness (QED) is 0.204. The van der Waals surface area contributed by atoms with Crippen LogP contribution in [0.5, 0.6) is 0 Å². The second-order valence-electron chi connectivity index (χ2n) is 9.90. The molecule has 3 heterocycles. The number of ether oxygens (including phenoxy) is 1. The predicted octanol–water partition coefficient (Wildman–Crippen LogP) is 4.81. The van der Waals surface area contributed by atoms with Crippen molar-refractivity contribution in [2.75, 3.05) is 50.5 Å². The Hall–Kier alpha value is -3.52. The van der Waals surface area contributed by atoms with Gasteiger partial charge >= 0.3 is 5.97 Å². The molecule has 0 bridgehead atoms. The van der Waals surface area contributed by atoms with Gasteiger partial charge in [0.1, 0.15) is 5.58 Å². The van der Waals surface area contributed by atoms with Gasteiger partial charge in [-0.25, -0.2) is 17.2 Å². The summed E-state index contributed by atoms with van der Waals surface area (Å²) in [5, 5.41) is 11.0. The number of hydrogen-bond donors (Lipinski definition) is 0. The van der Waals surface area contributed by atoms with Gasteiger partial charge in [0.2, 0.25) is 15.8 Å². The first kappa shape index (κ1) is 29.5. The van der Waals surface area contributed by atoms with Crippen molar-refractivity contribution in [2.45, 2.75) is 26.2 Å². The summed E-state index contributed by atoms with van der Waals surface area (Å²) in [6.07, 6.45) is 5.59. The number of carbonyl (C=O) groups is 1. The summed E-state index contributed by atoms with van der Waals surface area (Å²) >= 11 is 0. The summed E-state index contributed by atoms with van der Waals surface area (Å²) < 4.78 is 36.5. The molecule has 1 saturated heterocycles. The number of esters is 1. The van der Waals surface area contributed by atoms with Gasteiger partial charge in [0, 0.05) is 48.8 Å². The molecule has 40 heavy (non-hydrogen) atoms. The lowest BCUT2D eigenvalue weighted by Gasteiger charge is -2.36. The largest absolute Gasteiger partial charge is 0.460 e. The van der Waals surface area contributed by atoms with E-state index in [0.29, 0.717) is 23.3 Å². The minimum atomic E-state index is -3.43. The molecule has 0 amide bonds. The van der Waals surface area contributed by atoms with Crippen LogP contribution >= 0.6 is 12.4 Å². The molecular weight excluding hydrogens is 552 g/mol. The zero-order valence-corrected chi connectivity index (χ0v) is 24.3. The van der Waals surface area contributed by atoms with Crippen LogP contribution in [0.4, 0.5) is 5.69 Å². The summed E-state index contributed by atoms with van der Waals surface area (Å²) in [5.74, 6) is -0.225. The Morgan fingerprint density at radius 3 is 2.55 bits per heavy atom. The fourth-order valence-corrected chi connectivity index (χ4v) is 6.06. The molecule has 1 aliphatic heterocycles. The molecular formula is C29H33ClN4O5S. The van der Waals surface area contributed by atoms with Crippen LogP contribution < -0.4 is 4.90 Å². The third kappa shape index (κ3) is 6.28. The van der Waals surface area contributed by atoms with Gasteiger partial charge in [0.05, 0.1) is 30.0 Å². The number of piperazine rings is 1. The Bertz CT molecular complexity index is 1660. The number of aromatic nitrogens is 1. The SMILES string of the molecule is CCOC(=O)c1cc2cc(N3CCN(CCCCc4cn(S(C)(=O)=O)c5ccc(C#N)cc45)CC3)ccc2o1.Cl. The molecule has 5 rings (SSSR count). The van der Waals surface area contributed by atoms with Crippen LogP contribution in [0.25, 0.3) is 21.9 Å². The van der Waals surface area contributed by atoms with E-state index in [0.717, 1.165) is 74.0 Å². The summed E-state index contributed by atoms with van der Waals surface area (Å²) in [7, 11) is -3.43. The van der Waals surface area contributed by atoms with E-state index >= 15 is 0 Å². The topological polar surface area (TPSA) is 109 Å². The summed E-state index contributed by atoms with van der Waals surface area (Å²) in [6, 6.07) is 15.0. The van der Waals surface area contributed by atoms with Crippen LogP contribution in [-0.2, 0) is 21.2 Å². The van der Waals surface area contributed by atoms with E-state index in [1.807, 2.05) is 12.1 Å². The highest BCUT2D eigenvalue weighted by molar-refractivity contribution is 7.89. The van der Waals surface area contributed by atoms with Crippen molar-refractivity contribution in [1.82, 2.24) is 8.87 Å². The van der Waals surface area contributed by atoms with Crippen LogP contribution in [-0.4, -0.2) is 68.8 Å². The number of nitrogens with zero attached hydrogens (tertiary/aromatic N) is 4. The van der Waals surface area contributed by atoms with E-state index in [4.69, 9.17) is 9.15 Å². The molecule has 0 spiro atoms. The molecule has 1 fully saturated rings. The van der Waals surface area contributed by atoms with Crippen molar-refractivity contribution in [2.24, 2.45) is 0 Å². The minimum absolute atomic E-state index is 0. The van der Waals surface area contributed by atoms with Gasteiger partial charge in [-0.15, -0.1) is 12.4 Å². The summed E-state index contributed by atoms with van der Waals surface area (Å²) in [4.78, 5) is 16.8. The van der Waals surface area contributed by atoms with Crippen LogP contribution in [0.15, 0.2) is 53.1 Å². The summed E-state index contributed by atoms with van der Waals surface area (Å²) in [5.41, 5.74) is 3.88. The first-order chi connectivity index (χ1) is 18.8. The predicted molar refractivity (Wildman–Crippen MR) is 158 cm³/mol. The van der Waals surface area contributed by atoms with Gasteiger partial charge in [-0.05, 0) is 80.8 Å². The molecule has 1 aliphatic rings. The average Bonchev–Trinajstić information content (AvgIpc) is 3.52.